The van der Waals surface area contributed by atoms with E-state index in [0.29, 0.717) is 4.90 Å². The molecular weight excluding hydrogens is 264 g/mol. The molecule has 1 amide bonds. The molecule has 108 valence electrons. The fraction of sp³-hybridized carbons (Fsp3) is 0.818. The van der Waals surface area contributed by atoms with Gasteiger partial charge in [-0.2, -0.15) is 0 Å². The third kappa shape index (κ3) is 2.36. The van der Waals surface area contributed by atoms with Crippen LogP contribution in [0.25, 0.3) is 0 Å². The van der Waals surface area contributed by atoms with E-state index in [4.69, 9.17) is 14.6 Å². The number of halogens is 2. The number of carbonyl (C=O) groups excluding carboxylic acids is 1. The fourth-order valence-corrected chi connectivity index (χ4v) is 2.03. The van der Waals surface area contributed by atoms with Gasteiger partial charge in [-0.1, -0.05) is 0 Å². The molecule has 0 aromatic carbocycles. The highest BCUT2D eigenvalue weighted by Gasteiger charge is 2.77. The topological polar surface area (TPSA) is 76.1 Å². The fourth-order valence-electron chi connectivity index (χ4n) is 2.03. The van der Waals surface area contributed by atoms with Crippen molar-refractivity contribution in [1.29, 1.82) is 0 Å². The molecule has 1 N–H and O–H groups in total. The van der Waals surface area contributed by atoms with E-state index in [0.717, 1.165) is 0 Å². The minimum atomic E-state index is -3.22. The number of amides is 1. The number of rotatable bonds is 1. The average Bonchev–Trinajstić information content (AvgIpc) is 2.78. The van der Waals surface area contributed by atoms with Crippen LogP contribution in [-0.4, -0.2) is 58.4 Å². The summed E-state index contributed by atoms with van der Waals surface area (Å²) >= 11 is 0. The molecule has 1 heterocycles. The Labute approximate surface area is 108 Å². The first-order chi connectivity index (χ1) is 8.55. The third-order valence-corrected chi connectivity index (χ3v) is 2.91. The monoisotopic (exact) mass is 279 g/mol. The summed E-state index contributed by atoms with van der Waals surface area (Å²) in [4.78, 5) is 23.5. The molecule has 8 heteroatoms. The minimum absolute atomic E-state index is 0.467. The summed E-state index contributed by atoms with van der Waals surface area (Å²) in [5.41, 5.74) is -0.891. The summed E-state index contributed by atoms with van der Waals surface area (Å²) < 4.78 is 36.6. The molecule has 6 nitrogen and oxygen atoms in total. The zero-order valence-electron chi connectivity index (χ0n) is 10.7. The summed E-state index contributed by atoms with van der Waals surface area (Å²) in [5.74, 6) is -4.62. The molecule has 0 bridgehead atoms. The minimum Gasteiger partial charge on any atom is -0.480 e. The van der Waals surface area contributed by atoms with Gasteiger partial charge >= 0.3 is 12.1 Å². The van der Waals surface area contributed by atoms with Gasteiger partial charge in [0.1, 0.15) is 17.7 Å². The van der Waals surface area contributed by atoms with Crippen molar-refractivity contribution in [1.82, 2.24) is 4.90 Å². The Balaban J connectivity index is 2.22. The molecule has 2 fully saturated rings. The molecule has 0 aromatic heterocycles. The Morgan fingerprint density at radius 1 is 1.42 bits per heavy atom. The van der Waals surface area contributed by atoms with Gasteiger partial charge in [0, 0.05) is 0 Å². The van der Waals surface area contributed by atoms with Gasteiger partial charge < -0.3 is 14.6 Å². The van der Waals surface area contributed by atoms with E-state index in [1.165, 1.54) is 0 Å². The Hall–Kier alpha value is -1.44. The van der Waals surface area contributed by atoms with Crippen molar-refractivity contribution < 1.29 is 33.0 Å². The number of alkyl halides is 2. The number of hydrogen-bond acceptors (Lipinski definition) is 4. The highest BCUT2D eigenvalue weighted by atomic mass is 19.3. The van der Waals surface area contributed by atoms with E-state index < -0.39 is 48.4 Å². The normalized spacial score (nSPS) is 32.5. The molecule has 0 spiro atoms. The molecule has 1 aliphatic heterocycles. The Bertz CT molecular complexity index is 420. The smallest absolute Gasteiger partial charge is 0.411 e. The van der Waals surface area contributed by atoms with Gasteiger partial charge in [0.2, 0.25) is 0 Å². The molecule has 1 saturated carbocycles. The number of carboxylic acid groups (broad SMARTS) is 1. The molecule has 0 aromatic rings. The lowest BCUT2D eigenvalue weighted by atomic mass is 10.2. The quantitative estimate of drug-likeness (QED) is 0.777. The SMILES string of the molecule is CC(C)(C)OC(=O)N1[C@H]2[C@H](OC[C@H]1C(=O)O)C2(F)F. The van der Waals surface area contributed by atoms with Crippen molar-refractivity contribution in [2.24, 2.45) is 0 Å². The maximum absolute atomic E-state index is 13.4. The van der Waals surface area contributed by atoms with Crippen LogP contribution < -0.4 is 0 Å². The predicted octanol–water partition coefficient (Wildman–Crippen LogP) is 1.09. The lowest BCUT2D eigenvalue weighted by molar-refractivity contribution is -0.149. The Morgan fingerprint density at radius 3 is 2.47 bits per heavy atom. The highest BCUT2D eigenvalue weighted by Crippen LogP contribution is 2.51. The number of ether oxygens (including phenoxy) is 2. The number of carbonyl (C=O) groups is 2. The van der Waals surface area contributed by atoms with Gasteiger partial charge in [0.15, 0.2) is 6.04 Å². The first-order valence-electron chi connectivity index (χ1n) is 5.79. The van der Waals surface area contributed by atoms with Crippen LogP contribution in [0.3, 0.4) is 0 Å². The van der Waals surface area contributed by atoms with Crippen LogP contribution in [0.5, 0.6) is 0 Å². The second kappa shape index (κ2) is 4.03. The molecule has 1 aliphatic carbocycles. The van der Waals surface area contributed by atoms with E-state index in [1.54, 1.807) is 20.8 Å². The number of morpholine rings is 1. The van der Waals surface area contributed by atoms with Crippen LogP contribution in [0, 0.1) is 0 Å². The lowest BCUT2D eigenvalue weighted by Crippen LogP contribution is -2.54. The number of aliphatic carboxylic acids is 1. The summed E-state index contributed by atoms with van der Waals surface area (Å²) in [6.45, 7) is 4.25. The molecule has 2 rings (SSSR count). The zero-order valence-corrected chi connectivity index (χ0v) is 10.7. The number of nitrogens with zero attached hydrogens (tertiary/aromatic N) is 1. The zero-order chi connectivity index (χ0) is 14.6. The molecular formula is C11H15F2NO5. The first kappa shape index (κ1) is 14.0. The molecule has 2 aliphatic rings. The Morgan fingerprint density at radius 2 is 2.00 bits per heavy atom. The van der Waals surface area contributed by atoms with Crippen LogP contribution in [0.1, 0.15) is 20.8 Å². The Kier molecular flexibility index (Phi) is 2.96. The van der Waals surface area contributed by atoms with E-state index in [2.05, 4.69) is 0 Å². The summed E-state index contributed by atoms with van der Waals surface area (Å²) in [6, 6.07) is -3.01. The first-order valence-corrected chi connectivity index (χ1v) is 5.79. The predicted molar refractivity (Wildman–Crippen MR) is 58.0 cm³/mol. The van der Waals surface area contributed by atoms with Gasteiger partial charge in [-0.25, -0.2) is 18.4 Å². The summed E-state index contributed by atoms with van der Waals surface area (Å²) in [5, 5.41) is 8.99. The van der Waals surface area contributed by atoms with Crippen LogP contribution in [-0.2, 0) is 14.3 Å². The van der Waals surface area contributed by atoms with Crippen molar-refractivity contribution in [3.05, 3.63) is 0 Å². The van der Waals surface area contributed by atoms with Gasteiger partial charge in [0.05, 0.1) is 6.61 Å². The third-order valence-electron chi connectivity index (χ3n) is 2.91. The van der Waals surface area contributed by atoms with Crippen molar-refractivity contribution in [3.8, 4) is 0 Å². The summed E-state index contributed by atoms with van der Waals surface area (Å²) in [7, 11) is 0. The van der Waals surface area contributed by atoms with Gasteiger partial charge in [0.25, 0.3) is 5.92 Å². The molecule has 0 unspecified atom stereocenters. The van der Waals surface area contributed by atoms with Crippen molar-refractivity contribution in [2.75, 3.05) is 6.61 Å². The number of carboxylic acids is 1. The van der Waals surface area contributed by atoms with Crippen LogP contribution >= 0.6 is 0 Å². The van der Waals surface area contributed by atoms with Gasteiger partial charge in [-0.15, -0.1) is 0 Å². The second-order valence-electron chi connectivity index (χ2n) is 5.61. The number of fused-ring (bicyclic) bond motifs is 1. The van der Waals surface area contributed by atoms with E-state index >= 15 is 0 Å². The van der Waals surface area contributed by atoms with E-state index in [1.807, 2.05) is 0 Å². The molecule has 0 radical (unpaired) electrons. The van der Waals surface area contributed by atoms with Crippen molar-refractivity contribution in [2.45, 2.75) is 50.5 Å². The maximum atomic E-state index is 13.4. The van der Waals surface area contributed by atoms with Crippen LogP contribution in [0.15, 0.2) is 0 Å². The standard InChI is InChI=1S/C11H15F2NO5/c1-10(2,3)19-9(17)14-5(8(15)16)4-18-7-6(14)11(7,12)13/h5-7H,4H2,1-3H3,(H,15,16)/t5-,6-,7-/m0/s1. The largest absolute Gasteiger partial charge is 0.480 e. The van der Waals surface area contributed by atoms with Crippen molar-refractivity contribution in [3.63, 3.8) is 0 Å². The maximum Gasteiger partial charge on any atom is 0.411 e. The van der Waals surface area contributed by atoms with Crippen molar-refractivity contribution >= 4 is 12.1 Å². The average molecular weight is 279 g/mol. The van der Waals surface area contributed by atoms with E-state index in [9.17, 15) is 18.4 Å². The van der Waals surface area contributed by atoms with E-state index in [-0.39, 0.29) is 0 Å². The van der Waals surface area contributed by atoms with Crippen LogP contribution in [0.2, 0.25) is 0 Å². The van der Waals surface area contributed by atoms with Gasteiger partial charge in [-0.05, 0) is 20.8 Å². The number of hydrogen-bond donors (Lipinski definition) is 1. The molecule has 3 atom stereocenters. The highest BCUT2D eigenvalue weighted by molar-refractivity contribution is 5.81. The van der Waals surface area contributed by atoms with Gasteiger partial charge in [-0.3, -0.25) is 4.90 Å². The molecule has 1 saturated heterocycles. The lowest BCUT2D eigenvalue weighted by Gasteiger charge is -2.33. The molecule has 19 heavy (non-hydrogen) atoms. The second-order valence-corrected chi connectivity index (χ2v) is 5.61. The summed E-state index contributed by atoms with van der Waals surface area (Å²) in [6.07, 6.45) is -2.49. The van der Waals surface area contributed by atoms with Crippen LogP contribution in [0.4, 0.5) is 13.6 Å².